The predicted octanol–water partition coefficient (Wildman–Crippen LogP) is 3.89. The molecule has 2 N–H and O–H groups in total. The molecule has 22 heavy (non-hydrogen) atoms. The molecule has 2 aromatic rings. The summed E-state index contributed by atoms with van der Waals surface area (Å²) in [6.07, 6.45) is 1.00. The maximum Gasteiger partial charge on any atom is 0.191 e. The fourth-order valence-electron chi connectivity index (χ4n) is 2.34. The van der Waals surface area contributed by atoms with E-state index in [0.717, 1.165) is 25.5 Å². The molecular formula is C17H24IN3S. The molecule has 1 aromatic heterocycles. The lowest BCUT2D eigenvalue weighted by Crippen LogP contribution is -2.37. The first-order chi connectivity index (χ1) is 10.2. The minimum atomic E-state index is 0. The Morgan fingerprint density at radius 3 is 2.41 bits per heavy atom. The van der Waals surface area contributed by atoms with Gasteiger partial charge in [0, 0.05) is 20.1 Å². The third-order valence-corrected chi connectivity index (χ3v) is 3.98. The Kier molecular flexibility index (Phi) is 8.48. The van der Waals surface area contributed by atoms with E-state index in [1.807, 2.05) is 0 Å². The number of aliphatic imine (C=N–C) groups is 1. The van der Waals surface area contributed by atoms with Crippen LogP contribution in [0.5, 0.6) is 0 Å². The van der Waals surface area contributed by atoms with E-state index in [4.69, 9.17) is 0 Å². The van der Waals surface area contributed by atoms with E-state index in [-0.39, 0.29) is 24.0 Å². The first-order valence-electron chi connectivity index (χ1n) is 7.20. The highest BCUT2D eigenvalue weighted by Gasteiger charge is 2.00. The summed E-state index contributed by atoms with van der Waals surface area (Å²) in [6.45, 7) is 5.98. The van der Waals surface area contributed by atoms with Gasteiger partial charge in [-0.3, -0.25) is 4.99 Å². The van der Waals surface area contributed by atoms with Gasteiger partial charge in [-0.15, -0.1) is 24.0 Å². The molecule has 0 spiro atoms. The van der Waals surface area contributed by atoms with Gasteiger partial charge < -0.3 is 10.6 Å². The molecule has 0 amide bonds. The molecule has 120 valence electrons. The van der Waals surface area contributed by atoms with Crippen molar-refractivity contribution in [1.82, 2.24) is 10.6 Å². The molecule has 0 fully saturated rings. The van der Waals surface area contributed by atoms with Gasteiger partial charge in [-0.1, -0.05) is 29.3 Å². The number of aryl methyl sites for hydroxylation is 2. The zero-order chi connectivity index (χ0) is 15.1. The van der Waals surface area contributed by atoms with Gasteiger partial charge in [0.1, 0.15) is 0 Å². The molecule has 1 aromatic carbocycles. The number of guanidine groups is 1. The molecule has 0 aliphatic rings. The highest BCUT2D eigenvalue weighted by molar-refractivity contribution is 14.0. The van der Waals surface area contributed by atoms with Gasteiger partial charge >= 0.3 is 0 Å². The lowest BCUT2D eigenvalue weighted by molar-refractivity contribution is 0.795. The lowest BCUT2D eigenvalue weighted by atomic mass is 10.1. The molecule has 0 unspecified atom stereocenters. The van der Waals surface area contributed by atoms with Crippen molar-refractivity contribution in [2.45, 2.75) is 26.8 Å². The average Bonchev–Trinajstić information content (AvgIpc) is 2.94. The van der Waals surface area contributed by atoms with Crippen LogP contribution in [-0.4, -0.2) is 19.6 Å². The van der Waals surface area contributed by atoms with Crippen molar-refractivity contribution in [3.63, 3.8) is 0 Å². The largest absolute Gasteiger partial charge is 0.356 e. The average molecular weight is 429 g/mol. The zero-order valence-electron chi connectivity index (χ0n) is 13.3. The second kappa shape index (κ2) is 9.84. The summed E-state index contributed by atoms with van der Waals surface area (Å²) in [6, 6.07) is 8.82. The number of thiophene rings is 1. The van der Waals surface area contributed by atoms with Crippen LogP contribution in [0.15, 0.2) is 40.0 Å². The summed E-state index contributed by atoms with van der Waals surface area (Å²) in [5.74, 6) is 0.852. The van der Waals surface area contributed by atoms with E-state index in [1.54, 1.807) is 18.4 Å². The maximum absolute atomic E-state index is 4.25. The summed E-state index contributed by atoms with van der Waals surface area (Å²) in [5.41, 5.74) is 5.31. The van der Waals surface area contributed by atoms with E-state index < -0.39 is 0 Å². The van der Waals surface area contributed by atoms with Crippen LogP contribution in [0.2, 0.25) is 0 Å². The normalized spacial score (nSPS) is 11.0. The number of nitrogens with one attached hydrogen (secondary N) is 2. The molecule has 0 atom stereocenters. The van der Waals surface area contributed by atoms with E-state index in [9.17, 15) is 0 Å². The van der Waals surface area contributed by atoms with Crippen molar-refractivity contribution in [3.8, 4) is 0 Å². The lowest BCUT2D eigenvalue weighted by Gasteiger charge is -2.12. The molecule has 1 heterocycles. The van der Waals surface area contributed by atoms with Crippen molar-refractivity contribution >= 4 is 41.3 Å². The quantitative estimate of drug-likeness (QED) is 0.430. The van der Waals surface area contributed by atoms with Crippen LogP contribution in [-0.2, 0) is 13.0 Å². The SMILES string of the molecule is CN=C(NCCc1cc(C)cc(C)c1)NCc1ccsc1.I. The highest BCUT2D eigenvalue weighted by atomic mass is 127. The van der Waals surface area contributed by atoms with Gasteiger partial charge in [0.25, 0.3) is 0 Å². The number of halogens is 1. The Morgan fingerprint density at radius 1 is 1.09 bits per heavy atom. The zero-order valence-corrected chi connectivity index (χ0v) is 16.5. The molecular weight excluding hydrogens is 405 g/mol. The summed E-state index contributed by atoms with van der Waals surface area (Å²) in [5, 5.41) is 10.9. The van der Waals surface area contributed by atoms with Crippen molar-refractivity contribution in [3.05, 3.63) is 57.3 Å². The van der Waals surface area contributed by atoms with E-state index in [0.29, 0.717) is 0 Å². The van der Waals surface area contributed by atoms with Crippen LogP contribution >= 0.6 is 35.3 Å². The molecule has 0 aliphatic carbocycles. The highest BCUT2D eigenvalue weighted by Crippen LogP contribution is 2.09. The molecule has 0 radical (unpaired) electrons. The Hall–Kier alpha value is -1.08. The minimum absolute atomic E-state index is 0. The number of hydrogen-bond acceptors (Lipinski definition) is 2. The van der Waals surface area contributed by atoms with Crippen LogP contribution in [0, 0.1) is 13.8 Å². The van der Waals surface area contributed by atoms with Gasteiger partial charge in [0.15, 0.2) is 5.96 Å². The Bertz CT molecular complexity index is 574. The van der Waals surface area contributed by atoms with E-state index >= 15 is 0 Å². The fraction of sp³-hybridized carbons (Fsp3) is 0.353. The summed E-state index contributed by atoms with van der Waals surface area (Å²) in [7, 11) is 1.81. The third kappa shape index (κ3) is 6.36. The second-order valence-corrected chi connectivity index (χ2v) is 6.01. The molecule has 0 aliphatic heterocycles. The Labute approximate surface area is 154 Å². The van der Waals surface area contributed by atoms with Gasteiger partial charge in [0.2, 0.25) is 0 Å². The first-order valence-corrected chi connectivity index (χ1v) is 8.14. The number of nitrogens with zero attached hydrogens (tertiary/aromatic N) is 1. The second-order valence-electron chi connectivity index (χ2n) is 5.23. The minimum Gasteiger partial charge on any atom is -0.356 e. The number of rotatable bonds is 5. The van der Waals surface area contributed by atoms with Crippen molar-refractivity contribution < 1.29 is 0 Å². The van der Waals surface area contributed by atoms with Gasteiger partial charge in [0.05, 0.1) is 0 Å². The standard InChI is InChI=1S/C17H23N3S.HI/c1-13-8-14(2)10-15(9-13)4-6-19-17(18-3)20-11-16-5-7-21-12-16;/h5,7-10,12H,4,6,11H2,1-3H3,(H2,18,19,20);1H. The van der Waals surface area contributed by atoms with Gasteiger partial charge in [-0.05, 0) is 48.2 Å². The smallest absolute Gasteiger partial charge is 0.191 e. The summed E-state index contributed by atoms with van der Waals surface area (Å²) in [4.78, 5) is 4.25. The van der Waals surface area contributed by atoms with Crippen molar-refractivity contribution in [1.29, 1.82) is 0 Å². The molecule has 0 saturated heterocycles. The topological polar surface area (TPSA) is 36.4 Å². The molecule has 0 bridgehead atoms. The van der Waals surface area contributed by atoms with Gasteiger partial charge in [-0.2, -0.15) is 11.3 Å². The van der Waals surface area contributed by atoms with E-state index in [1.165, 1.54) is 22.3 Å². The van der Waals surface area contributed by atoms with Crippen LogP contribution in [0.25, 0.3) is 0 Å². The van der Waals surface area contributed by atoms with Crippen molar-refractivity contribution in [2.24, 2.45) is 4.99 Å². The summed E-state index contributed by atoms with van der Waals surface area (Å²) < 4.78 is 0. The molecule has 5 heteroatoms. The van der Waals surface area contributed by atoms with Crippen molar-refractivity contribution in [2.75, 3.05) is 13.6 Å². The van der Waals surface area contributed by atoms with Crippen LogP contribution < -0.4 is 10.6 Å². The molecule has 0 saturated carbocycles. The Morgan fingerprint density at radius 2 is 1.82 bits per heavy atom. The van der Waals surface area contributed by atoms with Gasteiger partial charge in [-0.25, -0.2) is 0 Å². The van der Waals surface area contributed by atoms with E-state index in [2.05, 4.69) is 64.5 Å². The Balaban J connectivity index is 0.00000242. The number of benzene rings is 1. The first kappa shape index (κ1) is 19.0. The molecule has 2 rings (SSSR count). The number of hydrogen-bond donors (Lipinski definition) is 2. The monoisotopic (exact) mass is 429 g/mol. The third-order valence-electron chi connectivity index (χ3n) is 3.25. The molecule has 3 nitrogen and oxygen atoms in total. The van der Waals surface area contributed by atoms with Crippen LogP contribution in [0.1, 0.15) is 22.3 Å². The van der Waals surface area contributed by atoms with Crippen LogP contribution in [0.3, 0.4) is 0 Å². The predicted molar refractivity (Wildman–Crippen MR) is 108 cm³/mol. The fourth-order valence-corrected chi connectivity index (χ4v) is 3.01. The summed E-state index contributed by atoms with van der Waals surface area (Å²) >= 11 is 1.72. The maximum atomic E-state index is 4.25. The van der Waals surface area contributed by atoms with Crippen LogP contribution in [0.4, 0.5) is 0 Å².